The smallest absolute Gasteiger partial charge is 0.228 e. The van der Waals surface area contributed by atoms with Crippen molar-refractivity contribution >= 4 is 9.84 Å². The first-order chi connectivity index (χ1) is 9.62. The molecule has 112 valence electrons. The van der Waals surface area contributed by atoms with Crippen molar-refractivity contribution in [1.29, 1.82) is 0 Å². The standard InChI is InChI=1S/C11H17N3O5S/c15-20(16)4-1-12-8(7-20)5-10-13-11(14-19-10)9-6-17-2-3-18-9/h8-9,12H,1-7H2. The van der Waals surface area contributed by atoms with E-state index in [9.17, 15) is 8.42 Å². The Hall–Kier alpha value is -1.03. The first kappa shape index (κ1) is 13.9. The lowest BCUT2D eigenvalue weighted by Crippen LogP contribution is -2.46. The van der Waals surface area contributed by atoms with Gasteiger partial charge in [0.15, 0.2) is 9.84 Å². The summed E-state index contributed by atoms with van der Waals surface area (Å²) in [6.45, 7) is 1.96. The molecule has 0 bridgehead atoms. The van der Waals surface area contributed by atoms with E-state index in [0.29, 0.717) is 44.5 Å². The molecule has 1 aromatic heterocycles. The number of ether oxygens (including phenoxy) is 2. The summed E-state index contributed by atoms with van der Waals surface area (Å²) in [4.78, 5) is 4.26. The summed E-state index contributed by atoms with van der Waals surface area (Å²) in [6.07, 6.45) is 0.101. The molecule has 2 fully saturated rings. The average molecular weight is 303 g/mol. The summed E-state index contributed by atoms with van der Waals surface area (Å²) in [7, 11) is -2.96. The van der Waals surface area contributed by atoms with Crippen molar-refractivity contribution in [1.82, 2.24) is 15.5 Å². The average Bonchev–Trinajstić information content (AvgIpc) is 2.87. The van der Waals surface area contributed by atoms with Crippen LogP contribution in [0.1, 0.15) is 17.8 Å². The molecule has 2 aliphatic heterocycles. The van der Waals surface area contributed by atoms with Gasteiger partial charge in [0.05, 0.1) is 31.3 Å². The number of aromatic nitrogens is 2. The van der Waals surface area contributed by atoms with Gasteiger partial charge >= 0.3 is 0 Å². The van der Waals surface area contributed by atoms with Crippen LogP contribution in [0.2, 0.25) is 0 Å². The van der Waals surface area contributed by atoms with E-state index in [4.69, 9.17) is 14.0 Å². The van der Waals surface area contributed by atoms with Crippen molar-refractivity contribution < 1.29 is 22.4 Å². The minimum absolute atomic E-state index is 0.105. The third-order valence-electron chi connectivity index (χ3n) is 3.31. The van der Waals surface area contributed by atoms with Crippen molar-refractivity contribution in [2.24, 2.45) is 0 Å². The Labute approximate surface area is 116 Å². The molecule has 8 nitrogen and oxygen atoms in total. The lowest BCUT2D eigenvalue weighted by atomic mass is 10.2. The Bertz CT molecular complexity index is 552. The van der Waals surface area contributed by atoms with Crippen LogP contribution in [0.25, 0.3) is 0 Å². The van der Waals surface area contributed by atoms with Crippen LogP contribution in [-0.2, 0) is 25.7 Å². The molecule has 1 N–H and O–H groups in total. The normalized spacial score (nSPS) is 30.2. The summed E-state index contributed by atoms with van der Waals surface area (Å²) in [5.41, 5.74) is 0. The third-order valence-corrected chi connectivity index (χ3v) is 5.05. The largest absolute Gasteiger partial charge is 0.376 e. The first-order valence-electron chi connectivity index (χ1n) is 6.58. The van der Waals surface area contributed by atoms with E-state index in [0.717, 1.165) is 0 Å². The number of nitrogens with zero attached hydrogens (tertiary/aromatic N) is 2. The Kier molecular flexibility index (Phi) is 4.01. The molecule has 0 aromatic carbocycles. The van der Waals surface area contributed by atoms with Crippen LogP contribution in [0.5, 0.6) is 0 Å². The van der Waals surface area contributed by atoms with Crippen LogP contribution in [0.15, 0.2) is 4.52 Å². The SMILES string of the molecule is O=S1(=O)CCNC(Cc2nc(C3COCCO3)no2)C1. The third kappa shape index (κ3) is 3.35. The highest BCUT2D eigenvalue weighted by Crippen LogP contribution is 2.18. The predicted molar refractivity (Wildman–Crippen MR) is 68.0 cm³/mol. The minimum atomic E-state index is -2.96. The maximum atomic E-state index is 11.6. The highest BCUT2D eigenvalue weighted by atomic mass is 32.2. The van der Waals surface area contributed by atoms with Gasteiger partial charge in [0.25, 0.3) is 0 Å². The van der Waals surface area contributed by atoms with Gasteiger partial charge < -0.3 is 19.3 Å². The van der Waals surface area contributed by atoms with Gasteiger partial charge in [-0.25, -0.2) is 8.42 Å². The monoisotopic (exact) mass is 303 g/mol. The summed E-state index contributed by atoms with van der Waals surface area (Å²) in [6, 6.07) is -0.175. The molecule has 0 radical (unpaired) electrons. The van der Waals surface area contributed by atoms with Gasteiger partial charge in [-0.3, -0.25) is 0 Å². The lowest BCUT2D eigenvalue weighted by Gasteiger charge is -2.22. The molecule has 9 heteroatoms. The van der Waals surface area contributed by atoms with Gasteiger partial charge in [-0.2, -0.15) is 4.98 Å². The van der Waals surface area contributed by atoms with Gasteiger partial charge in [-0.15, -0.1) is 0 Å². The molecule has 0 spiro atoms. The molecule has 2 saturated heterocycles. The van der Waals surface area contributed by atoms with Crippen LogP contribution in [0.4, 0.5) is 0 Å². The molecule has 2 aliphatic rings. The fourth-order valence-corrected chi connectivity index (χ4v) is 3.77. The molecule has 2 atom stereocenters. The lowest BCUT2D eigenvalue weighted by molar-refractivity contribution is -0.0941. The molecular formula is C11H17N3O5S. The number of sulfone groups is 1. The molecular weight excluding hydrogens is 286 g/mol. The van der Waals surface area contributed by atoms with Crippen molar-refractivity contribution in [2.45, 2.75) is 18.6 Å². The van der Waals surface area contributed by atoms with Crippen LogP contribution in [-0.4, -0.2) is 62.5 Å². The van der Waals surface area contributed by atoms with E-state index in [-0.39, 0.29) is 23.7 Å². The summed E-state index contributed by atoms with van der Waals surface area (Å²) < 4.78 is 39.0. The van der Waals surface area contributed by atoms with Crippen molar-refractivity contribution in [3.8, 4) is 0 Å². The quantitative estimate of drug-likeness (QED) is 0.765. The highest BCUT2D eigenvalue weighted by Gasteiger charge is 2.27. The zero-order chi connectivity index (χ0) is 14.0. The molecule has 2 unspecified atom stereocenters. The second-order valence-corrected chi connectivity index (χ2v) is 7.18. The fraction of sp³-hybridized carbons (Fsp3) is 0.818. The van der Waals surface area contributed by atoms with E-state index in [2.05, 4.69) is 15.5 Å². The van der Waals surface area contributed by atoms with Gasteiger partial charge in [0, 0.05) is 19.0 Å². The van der Waals surface area contributed by atoms with Crippen LogP contribution in [0.3, 0.4) is 0 Å². The maximum Gasteiger partial charge on any atom is 0.228 e. The summed E-state index contributed by atoms with van der Waals surface area (Å²) >= 11 is 0. The highest BCUT2D eigenvalue weighted by molar-refractivity contribution is 7.91. The van der Waals surface area contributed by atoms with E-state index in [1.165, 1.54) is 0 Å². The topological polar surface area (TPSA) is 104 Å². The summed E-state index contributed by atoms with van der Waals surface area (Å²) in [5, 5.41) is 7.02. The van der Waals surface area contributed by atoms with E-state index < -0.39 is 9.84 Å². The molecule has 1 aromatic rings. The van der Waals surface area contributed by atoms with E-state index in [1.807, 2.05) is 0 Å². The molecule has 20 heavy (non-hydrogen) atoms. The fourth-order valence-electron chi connectivity index (χ4n) is 2.33. The zero-order valence-corrected chi connectivity index (χ0v) is 11.8. The van der Waals surface area contributed by atoms with Gasteiger partial charge in [0.1, 0.15) is 6.10 Å². The number of rotatable bonds is 3. The van der Waals surface area contributed by atoms with E-state index >= 15 is 0 Å². The van der Waals surface area contributed by atoms with Gasteiger partial charge in [-0.05, 0) is 0 Å². The minimum Gasteiger partial charge on any atom is -0.376 e. The van der Waals surface area contributed by atoms with Gasteiger partial charge in [-0.1, -0.05) is 5.16 Å². The summed E-state index contributed by atoms with van der Waals surface area (Å²) in [5.74, 6) is 1.17. The Morgan fingerprint density at radius 1 is 1.35 bits per heavy atom. The van der Waals surface area contributed by atoms with Crippen LogP contribution >= 0.6 is 0 Å². The second kappa shape index (κ2) is 5.76. The Morgan fingerprint density at radius 2 is 2.25 bits per heavy atom. The van der Waals surface area contributed by atoms with Crippen LogP contribution < -0.4 is 5.32 Å². The molecule has 0 aliphatic carbocycles. The second-order valence-electron chi connectivity index (χ2n) is 4.95. The number of hydrogen-bond acceptors (Lipinski definition) is 8. The maximum absolute atomic E-state index is 11.6. The van der Waals surface area contributed by atoms with Crippen LogP contribution in [0, 0.1) is 0 Å². The van der Waals surface area contributed by atoms with Crippen molar-refractivity contribution in [3.05, 3.63) is 11.7 Å². The Morgan fingerprint density at radius 3 is 3.00 bits per heavy atom. The molecule has 0 amide bonds. The van der Waals surface area contributed by atoms with Crippen molar-refractivity contribution in [2.75, 3.05) is 37.9 Å². The first-order valence-corrected chi connectivity index (χ1v) is 8.40. The molecule has 3 heterocycles. The Balaban J connectivity index is 1.62. The molecule has 0 saturated carbocycles. The zero-order valence-electron chi connectivity index (χ0n) is 10.9. The molecule has 3 rings (SSSR count). The van der Waals surface area contributed by atoms with Crippen molar-refractivity contribution in [3.63, 3.8) is 0 Å². The van der Waals surface area contributed by atoms with E-state index in [1.54, 1.807) is 0 Å². The van der Waals surface area contributed by atoms with Gasteiger partial charge in [0.2, 0.25) is 11.7 Å². The number of hydrogen-bond donors (Lipinski definition) is 1. The number of nitrogens with one attached hydrogen (secondary N) is 1. The predicted octanol–water partition coefficient (Wildman–Crippen LogP) is -0.913.